The Morgan fingerprint density at radius 2 is 1.82 bits per heavy atom. The van der Waals surface area contributed by atoms with E-state index in [1.807, 2.05) is 32.3 Å². The number of imidazole rings is 1. The number of hydrogen-bond acceptors (Lipinski definition) is 10. The van der Waals surface area contributed by atoms with Crippen LogP contribution in [0.1, 0.15) is 92.2 Å². The summed E-state index contributed by atoms with van der Waals surface area (Å²) in [7, 11) is 0. The second-order valence-corrected chi connectivity index (χ2v) is 19.1. The van der Waals surface area contributed by atoms with E-state index in [9.17, 15) is 19.8 Å². The van der Waals surface area contributed by atoms with Gasteiger partial charge in [-0.2, -0.15) is 0 Å². The van der Waals surface area contributed by atoms with Crippen molar-refractivity contribution in [2.24, 2.45) is 28.6 Å². The molecule has 8 rings (SSSR count). The molecule has 3 heterocycles. The summed E-state index contributed by atoms with van der Waals surface area (Å²) in [5.74, 6) is -2.45. The predicted octanol–water partition coefficient (Wildman–Crippen LogP) is 6.84. The molecular formula is C43H56Cl2FN3O8. The van der Waals surface area contributed by atoms with E-state index >= 15 is 4.39 Å². The molecule has 2 aromatic rings. The normalized spacial score (nSPS) is 40.5. The van der Waals surface area contributed by atoms with Crippen molar-refractivity contribution in [3.05, 3.63) is 52.3 Å². The minimum absolute atomic E-state index is 0.00598. The first-order valence-electron chi connectivity index (χ1n) is 20.6. The number of carbonyl (C=O) groups is 2. The van der Waals surface area contributed by atoms with Crippen molar-refractivity contribution in [1.82, 2.24) is 14.9 Å². The fourth-order valence-electron chi connectivity index (χ4n) is 11.7. The van der Waals surface area contributed by atoms with E-state index in [0.29, 0.717) is 60.2 Å². The Morgan fingerprint density at radius 1 is 1.09 bits per heavy atom. The molecule has 0 amide bonds. The van der Waals surface area contributed by atoms with Crippen molar-refractivity contribution in [3.8, 4) is 0 Å². The van der Waals surface area contributed by atoms with Crippen LogP contribution in [-0.2, 0) is 28.5 Å². The lowest BCUT2D eigenvalue weighted by Gasteiger charge is -2.62. The summed E-state index contributed by atoms with van der Waals surface area (Å²) in [5.41, 5.74) is -3.56. The zero-order valence-corrected chi connectivity index (χ0v) is 35.0. The van der Waals surface area contributed by atoms with E-state index in [0.717, 1.165) is 31.2 Å². The van der Waals surface area contributed by atoms with Crippen LogP contribution in [0, 0.1) is 28.6 Å². The molecule has 1 unspecified atom stereocenters. The molecule has 1 aromatic heterocycles. The van der Waals surface area contributed by atoms with Crippen LogP contribution in [0.3, 0.4) is 0 Å². The van der Waals surface area contributed by atoms with Crippen LogP contribution in [0.2, 0.25) is 10.0 Å². The minimum Gasteiger partial charge on any atom is -0.390 e. The summed E-state index contributed by atoms with van der Waals surface area (Å²) < 4.78 is 44.4. The maximum absolute atomic E-state index is 17.5. The van der Waals surface area contributed by atoms with E-state index in [-0.39, 0.29) is 54.7 Å². The molecule has 0 spiro atoms. The van der Waals surface area contributed by atoms with Gasteiger partial charge in [0.05, 0.1) is 46.7 Å². The Morgan fingerprint density at radius 3 is 2.61 bits per heavy atom. The highest BCUT2D eigenvalue weighted by Crippen LogP contribution is 2.70. The summed E-state index contributed by atoms with van der Waals surface area (Å²) in [5, 5.41) is 28.0. The van der Waals surface area contributed by atoms with Gasteiger partial charge in [-0.25, -0.2) is 9.37 Å². The van der Waals surface area contributed by atoms with Crippen LogP contribution in [-0.4, -0.2) is 99.1 Å². The van der Waals surface area contributed by atoms with E-state index in [1.54, 1.807) is 31.5 Å². The summed E-state index contributed by atoms with van der Waals surface area (Å²) in [4.78, 5) is 30.5. The summed E-state index contributed by atoms with van der Waals surface area (Å²) in [6.07, 6.45) is 8.44. The highest BCUT2D eigenvalue weighted by molar-refractivity contribution is 6.42. The number of nitrogens with one attached hydrogen (secondary N) is 1. The lowest BCUT2D eigenvalue weighted by atomic mass is 9.44. The molecule has 3 N–H and O–H groups in total. The molecule has 2 aliphatic heterocycles. The average Bonchev–Trinajstić information content (AvgIpc) is 3.85. The predicted molar refractivity (Wildman–Crippen MR) is 213 cm³/mol. The van der Waals surface area contributed by atoms with Gasteiger partial charge in [-0.1, -0.05) is 61.5 Å². The number of benzene rings is 1. The Labute approximate surface area is 343 Å². The molecule has 6 aliphatic rings. The fourth-order valence-corrected chi connectivity index (χ4v) is 12.0. The third-order valence-electron chi connectivity index (χ3n) is 14.6. The van der Waals surface area contributed by atoms with Gasteiger partial charge in [0, 0.05) is 23.4 Å². The first kappa shape index (κ1) is 41.5. The summed E-state index contributed by atoms with van der Waals surface area (Å²) in [6, 6.07) is 3.51. The number of aliphatic hydroxyl groups excluding tert-OH is 1. The summed E-state index contributed by atoms with van der Waals surface area (Å²) >= 11 is 12.5. The van der Waals surface area contributed by atoms with Crippen molar-refractivity contribution in [2.75, 3.05) is 26.3 Å². The second kappa shape index (κ2) is 15.0. The number of aliphatic hydroxyl groups is 2. The van der Waals surface area contributed by atoms with Gasteiger partial charge in [0.25, 0.3) is 0 Å². The van der Waals surface area contributed by atoms with E-state index in [2.05, 4.69) is 10.3 Å². The van der Waals surface area contributed by atoms with E-state index < -0.39 is 46.1 Å². The maximum Gasteiger partial charge on any atom is 0.178 e. The number of Topliss-reactive ketones (excluding diaryl/α,β-unsaturated/α-hetero) is 1. The van der Waals surface area contributed by atoms with Gasteiger partial charge >= 0.3 is 0 Å². The molecule has 1 aromatic carbocycles. The minimum atomic E-state index is -2.00. The molecular weight excluding hydrogens is 776 g/mol. The number of carbonyl (C=O) groups excluding carboxylic acids is 2. The number of allylic oxidation sites excluding steroid dienone is 4. The van der Waals surface area contributed by atoms with Crippen molar-refractivity contribution >= 4 is 45.8 Å². The smallest absolute Gasteiger partial charge is 0.178 e. The van der Waals surface area contributed by atoms with Crippen LogP contribution < -0.4 is 5.32 Å². The van der Waals surface area contributed by atoms with Crippen LogP contribution in [0.4, 0.5) is 4.39 Å². The zero-order valence-electron chi connectivity index (χ0n) is 33.4. The molecule has 5 fully saturated rings. The average molecular weight is 833 g/mol. The number of nitrogens with zero attached hydrogens (tertiary/aromatic N) is 2. The van der Waals surface area contributed by atoms with Crippen molar-refractivity contribution in [2.45, 2.75) is 134 Å². The molecule has 0 radical (unpaired) electrons. The molecule has 0 bridgehead atoms. The molecule has 312 valence electrons. The standard InChI is InChI=1S/C43H56Cl2FN3O8/c1-24-16-28-27-11-10-25-17-26(50)12-13-40(25,4)42(27,46)34(51)20-41(28,5)43(24,53)35(52)21-47-14-8-6-7-9-15-54-22-33-36-37(57-39(2,3)56-36)38(55-33)49-23-48-31-18-29(44)30(45)19-32(31)49/h12-13,17-19,23-24,27-28,33-34,36-38,47,51,53H,6-11,14-16,20-22H2,1-5H3/t24-,27+,28?,33-,34+,36-,37-,38-,40+,41+,42+,43+/m1/s1. The second-order valence-electron chi connectivity index (χ2n) is 18.3. The Balaban J connectivity index is 0.784. The number of hydrogen-bond donors (Lipinski definition) is 3. The lowest BCUT2D eigenvalue weighted by molar-refractivity contribution is -0.218. The zero-order chi connectivity index (χ0) is 40.7. The number of rotatable bonds is 13. The largest absolute Gasteiger partial charge is 0.390 e. The van der Waals surface area contributed by atoms with Crippen molar-refractivity contribution in [1.29, 1.82) is 0 Å². The Bertz CT molecular complexity index is 1970. The van der Waals surface area contributed by atoms with Gasteiger partial charge in [0.15, 0.2) is 29.3 Å². The van der Waals surface area contributed by atoms with Crippen molar-refractivity contribution in [3.63, 3.8) is 0 Å². The topological polar surface area (TPSA) is 141 Å². The van der Waals surface area contributed by atoms with Crippen LogP contribution in [0.5, 0.6) is 0 Å². The van der Waals surface area contributed by atoms with Gasteiger partial charge in [-0.15, -0.1) is 0 Å². The molecule has 14 heteroatoms. The van der Waals surface area contributed by atoms with Crippen LogP contribution in [0.25, 0.3) is 11.0 Å². The number of aromatic nitrogens is 2. The SMILES string of the molecule is C[C@@H]1CC2[C@@H]3CCC4=CC(=O)C=C[C@]4(C)[C@@]3(F)[C@@H](O)C[C@]2(C)[C@@]1(O)C(=O)CNCCCCCCOC[C@H]1O[C@@H](n2cnc3cc(Cl)c(Cl)cc32)[C@@H]2OC(C)(C)O[C@@H]21. The van der Waals surface area contributed by atoms with E-state index in [4.69, 9.17) is 42.1 Å². The number of unbranched alkanes of at least 4 members (excludes halogenated alkanes) is 3. The molecule has 3 saturated carbocycles. The van der Waals surface area contributed by atoms with Gasteiger partial charge < -0.3 is 39.0 Å². The van der Waals surface area contributed by atoms with E-state index in [1.165, 1.54) is 12.2 Å². The quantitative estimate of drug-likeness (QED) is 0.184. The van der Waals surface area contributed by atoms with Crippen LogP contribution >= 0.6 is 23.2 Å². The first-order valence-corrected chi connectivity index (χ1v) is 21.4. The number of halogens is 3. The third kappa shape index (κ3) is 6.59. The van der Waals surface area contributed by atoms with Gasteiger partial charge in [0.1, 0.15) is 23.9 Å². The van der Waals surface area contributed by atoms with Gasteiger partial charge in [-0.05, 0) is 102 Å². The number of fused-ring (bicyclic) bond motifs is 7. The number of ether oxygens (including phenoxy) is 4. The van der Waals surface area contributed by atoms with Gasteiger partial charge in [0.2, 0.25) is 0 Å². The van der Waals surface area contributed by atoms with Crippen molar-refractivity contribution < 1.29 is 43.1 Å². The highest BCUT2D eigenvalue weighted by atomic mass is 35.5. The maximum atomic E-state index is 17.5. The number of alkyl halides is 1. The molecule has 12 atom stereocenters. The highest BCUT2D eigenvalue weighted by Gasteiger charge is 2.75. The molecule has 4 aliphatic carbocycles. The fraction of sp³-hybridized carbons (Fsp3) is 0.698. The Hall–Kier alpha value is -2.26. The first-order chi connectivity index (χ1) is 26.9. The molecule has 57 heavy (non-hydrogen) atoms. The lowest BCUT2D eigenvalue weighted by Crippen LogP contribution is -2.69. The van der Waals surface area contributed by atoms with Crippen LogP contribution in [0.15, 0.2) is 42.3 Å². The molecule has 11 nitrogen and oxygen atoms in total. The summed E-state index contributed by atoms with van der Waals surface area (Å²) in [6.45, 7) is 10.8. The Kier molecular flexibility index (Phi) is 10.9. The monoisotopic (exact) mass is 831 g/mol. The number of ketones is 2. The van der Waals surface area contributed by atoms with Gasteiger partial charge in [-0.3, -0.25) is 9.59 Å². The molecule has 2 saturated heterocycles. The third-order valence-corrected chi connectivity index (χ3v) is 15.3.